The van der Waals surface area contributed by atoms with Crippen LogP contribution in [-0.2, 0) is 15.8 Å². The van der Waals surface area contributed by atoms with Crippen molar-refractivity contribution in [2.24, 2.45) is 0 Å². The lowest BCUT2D eigenvalue weighted by Crippen LogP contribution is -2.29. The number of carboxylic acids is 1. The van der Waals surface area contributed by atoms with Crippen LogP contribution in [0.4, 0.5) is 13.2 Å². The maximum absolute atomic E-state index is 13.6. The third-order valence-electron chi connectivity index (χ3n) is 4.28. The highest BCUT2D eigenvalue weighted by Crippen LogP contribution is 2.41. The number of aliphatic carboxylic acids is 1. The molecular formula is C19H13Cl2F3N2O3S2. The molecule has 1 N–H and O–H groups in total. The van der Waals surface area contributed by atoms with E-state index < -0.39 is 23.6 Å². The Kier molecular flexibility index (Phi) is 7.04. The number of alkyl halides is 3. The van der Waals surface area contributed by atoms with Crippen molar-refractivity contribution in [3.05, 3.63) is 56.7 Å². The van der Waals surface area contributed by atoms with Crippen molar-refractivity contribution < 1.29 is 27.9 Å². The topological polar surface area (TPSA) is 62.5 Å². The lowest BCUT2D eigenvalue weighted by atomic mass is 10.1. The maximum Gasteiger partial charge on any atom is 0.418 e. The summed E-state index contributed by atoms with van der Waals surface area (Å²) in [4.78, 5) is 24.8. The zero-order valence-corrected chi connectivity index (χ0v) is 18.6. The first-order chi connectivity index (χ1) is 14.5. The number of thiocarbonyl (C=S) groups is 1. The lowest BCUT2D eigenvalue weighted by molar-refractivity contribution is -0.138. The highest BCUT2D eigenvalue weighted by Gasteiger charge is 2.36. The average Bonchev–Trinajstić information content (AvgIpc) is 3.20. The predicted octanol–water partition coefficient (Wildman–Crippen LogP) is 5.87. The Balaban J connectivity index is 1.97. The van der Waals surface area contributed by atoms with Gasteiger partial charge in [0.15, 0.2) is 0 Å². The largest absolute Gasteiger partial charge is 0.481 e. The van der Waals surface area contributed by atoms with Gasteiger partial charge in [0.1, 0.15) is 4.32 Å². The van der Waals surface area contributed by atoms with Gasteiger partial charge in [0.2, 0.25) is 0 Å². The fraction of sp³-hybridized carbons (Fsp3) is 0.211. The summed E-state index contributed by atoms with van der Waals surface area (Å²) in [6, 6.07) is 5.04. The molecule has 1 saturated heterocycles. The standard InChI is InChI=1S/C19H13Cl2F3N2O3S2/c20-10-7-12(19(22,23)24)16(13(21)8-10)25-5-1-3-11(25)9-14-17(29)26(18(30)31-14)6-2-4-15(27)28/h1,3,5,7-9H,2,4,6H2,(H,27,28). The Labute approximate surface area is 194 Å². The normalized spacial score (nSPS) is 15.9. The van der Waals surface area contributed by atoms with Crippen LogP contribution in [0.1, 0.15) is 24.1 Å². The Morgan fingerprint density at radius 3 is 2.65 bits per heavy atom. The third-order valence-corrected chi connectivity index (χ3v) is 6.16. The first-order valence-corrected chi connectivity index (χ1v) is 10.7. The van der Waals surface area contributed by atoms with Gasteiger partial charge >= 0.3 is 12.1 Å². The molecule has 0 saturated carbocycles. The summed E-state index contributed by atoms with van der Waals surface area (Å²) in [5.41, 5.74) is -1.05. The quantitative estimate of drug-likeness (QED) is 0.390. The molecule has 3 rings (SSSR count). The molecule has 31 heavy (non-hydrogen) atoms. The molecule has 1 aliphatic rings. The summed E-state index contributed by atoms with van der Waals surface area (Å²) < 4.78 is 42.3. The fourth-order valence-corrected chi connectivity index (χ4v) is 4.84. The fourth-order valence-electron chi connectivity index (χ4n) is 2.96. The SMILES string of the molecule is O=C(O)CCCN1C(=O)C(=Cc2cccn2-c2c(Cl)cc(Cl)cc2C(F)(F)F)SC1=S. The van der Waals surface area contributed by atoms with Gasteiger partial charge in [-0.3, -0.25) is 14.5 Å². The molecule has 1 aromatic heterocycles. The van der Waals surface area contributed by atoms with Crippen LogP contribution >= 0.6 is 47.2 Å². The molecule has 5 nitrogen and oxygen atoms in total. The first-order valence-electron chi connectivity index (χ1n) is 8.70. The monoisotopic (exact) mass is 508 g/mol. The lowest BCUT2D eigenvalue weighted by Gasteiger charge is -2.17. The summed E-state index contributed by atoms with van der Waals surface area (Å²) in [5, 5.41) is 8.39. The Bertz CT molecular complexity index is 1100. The first kappa shape index (κ1) is 23.6. The van der Waals surface area contributed by atoms with Crippen LogP contribution < -0.4 is 0 Å². The zero-order chi connectivity index (χ0) is 22.9. The molecule has 2 heterocycles. The van der Waals surface area contributed by atoms with Gasteiger partial charge in [-0.15, -0.1) is 0 Å². The third kappa shape index (κ3) is 5.25. The van der Waals surface area contributed by atoms with Crippen LogP contribution in [0, 0.1) is 0 Å². The summed E-state index contributed by atoms with van der Waals surface area (Å²) in [7, 11) is 0. The molecule has 12 heteroatoms. The van der Waals surface area contributed by atoms with Crippen LogP contribution in [0.2, 0.25) is 10.0 Å². The van der Waals surface area contributed by atoms with Gasteiger partial charge in [0, 0.05) is 29.9 Å². The molecule has 1 aliphatic heterocycles. The van der Waals surface area contributed by atoms with E-state index in [1.165, 1.54) is 39.9 Å². The van der Waals surface area contributed by atoms with Crippen LogP contribution in [0.5, 0.6) is 0 Å². The molecule has 0 radical (unpaired) electrons. The van der Waals surface area contributed by atoms with Crippen LogP contribution in [0.15, 0.2) is 35.4 Å². The van der Waals surface area contributed by atoms with Gasteiger partial charge in [-0.1, -0.05) is 47.2 Å². The molecule has 0 bridgehead atoms. The maximum atomic E-state index is 13.6. The van der Waals surface area contributed by atoms with Crippen LogP contribution in [-0.4, -0.2) is 37.3 Å². The summed E-state index contributed by atoms with van der Waals surface area (Å²) in [6.45, 7) is 0.135. The molecule has 2 aromatic rings. The molecule has 1 amide bonds. The molecular weight excluding hydrogens is 496 g/mol. The van der Waals surface area contributed by atoms with Gasteiger partial charge < -0.3 is 9.67 Å². The second-order valence-electron chi connectivity index (χ2n) is 6.42. The number of carbonyl (C=O) groups excluding carboxylic acids is 1. The van der Waals surface area contributed by atoms with E-state index in [1.54, 1.807) is 0 Å². The van der Waals surface area contributed by atoms with Gasteiger partial charge in [0.05, 0.1) is 21.2 Å². The summed E-state index contributed by atoms with van der Waals surface area (Å²) >= 11 is 18.1. The number of carbonyl (C=O) groups is 2. The molecule has 0 spiro atoms. The summed E-state index contributed by atoms with van der Waals surface area (Å²) in [6.07, 6.45) is -1.79. The van der Waals surface area contributed by atoms with E-state index >= 15 is 0 Å². The predicted molar refractivity (Wildman–Crippen MR) is 118 cm³/mol. The highest BCUT2D eigenvalue weighted by atomic mass is 35.5. The number of hydrogen-bond acceptors (Lipinski definition) is 4. The summed E-state index contributed by atoms with van der Waals surface area (Å²) in [5.74, 6) is -1.43. The van der Waals surface area contributed by atoms with E-state index in [1.807, 2.05) is 0 Å². The molecule has 1 aromatic carbocycles. The van der Waals surface area contributed by atoms with E-state index in [2.05, 4.69) is 0 Å². The van der Waals surface area contributed by atoms with Crippen LogP contribution in [0.25, 0.3) is 11.8 Å². The highest BCUT2D eigenvalue weighted by molar-refractivity contribution is 8.26. The Morgan fingerprint density at radius 2 is 2.00 bits per heavy atom. The van der Waals surface area contributed by atoms with E-state index in [-0.39, 0.29) is 50.0 Å². The smallest absolute Gasteiger partial charge is 0.418 e. The van der Waals surface area contributed by atoms with E-state index in [9.17, 15) is 22.8 Å². The van der Waals surface area contributed by atoms with Crippen molar-refractivity contribution in [1.29, 1.82) is 0 Å². The molecule has 0 atom stereocenters. The molecule has 0 aliphatic carbocycles. The number of nitrogens with zero attached hydrogens (tertiary/aromatic N) is 2. The van der Waals surface area contributed by atoms with Crippen molar-refractivity contribution in [1.82, 2.24) is 9.47 Å². The number of hydrogen-bond donors (Lipinski definition) is 1. The Hall–Kier alpha value is -2.01. The van der Waals surface area contributed by atoms with Gasteiger partial charge in [-0.25, -0.2) is 0 Å². The number of halogens is 5. The number of carboxylic acid groups (broad SMARTS) is 1. The number of rotatable bonds is 6. The van der Waals surface area contributed by atoms with Crippen molar-refractivity contribution in [3.63, 3.8) is 0 Å². The molecule has 164 valence electrons. The second-order valence-corrected chi connectivity index (χ2v) is 8.93. The van der Waals surface area contributed by atoms with Gasteiger partial charge in [-0.2, -0.15) is 13.2 Å². The average molecular weight is 509 g/mol. The second kappa shape index (κ2) is 9.23. The molecule has 1 fully saturated rings. The van der Waals surface area contributed by atoms with Crippen molar-refractivity contribution >= 4 is 69.5 Å². The van der Waals surface area contributed by atoms with E-state index in [4.69, 9.17) is 40.5 Å². The van der Waals surface area contributed by atoms with Gasteiger partial charge in [-0.05, 0) is 36.8 Å². The minimum absolute atomic E-state index is 0.117. The number of thioether (sulfide) groups is 1. The molecule has 0 unspecified atom stereocenters. The Morgan fingerprint density at radius 1 is 1.29 bits per heavy atom. The van der Waals surface area contributed by atoms with Gasteiger partial charge in [0.25, 0.3) is 5.91 Å². The number of amides is 1. The minimum Gasteiger partial charge on any atom is -0.481 e. The van der Waals surface area contributed by atoms with E-state index in [0.717, 1.165) is 17.8 Å². The van der Waals surface area contributed by atoms with Crippen molar-refractivity contribution in [3.8, 4) is 5.69 Å². The zero-order valence-electron chi connectivity index (χ0n) is 15.4. The minimum atomic E-state index is -4.71. The van der Waals surface area contributed by atoms with Crippen molar-refractivity contribution in [2.75, 3.05) is 6.54 Å². The number of benzene rings is 1. The van der Waals surface area contributed by atoms with Crippen molar-refractivity contribution in [2.45, 2.75) is 19.0 Å². The van der Waals surface area contributed by atoms with Crippen LogP contribution in [0.3, 0.4) is 0 Å². The van der Waals surface area contributed by atoms with E-state index in [0.29, 0.717) is 0 Å². The number of aromatic nitrogens is 1.